The molecule has 28 heavy (non-hydrogen) atoms. The summed E-state index contributed by atoms with van der Waals surface area (Å²) < 4.78 is 1.97. The fourth-order valence-electron chi connectivity index (χ4n) is 4.53. The van der Waals surface area contributed by atoms with Crippen molar-refractivity contribution in [1.29, 1.82) is 0 Å². The minimum absolute atomic E-state index is 0.392. The first-order chi connectivity index (χ1) is 13.7. The van der Waals surface area contributed by atoms with Gasteiger partial charge in [0, 0.05) is 37.1 Å². The summed E-state index contributed by atoms with van der Waals surface area (Å²) in [6.45, 7) is 5.35. The fraction of sp³-hybridized carbons (Fsp3) is 0.455. The Bertz CT molecular complexity index is 962. The van der Waals surface area contributed by atoms with Crippen molar-refractivity contribution in [3.05, 3.63) is 59.0 Å². The molecule has 2 aromatic heterocycles. The first kappa shape index (κ1) is 18.0. The standard InChI is InChI=1S/C22H26ClN5/c23-19-7-3-5-17(13-19)14-26-10-4-6-18(15-26)22-24-21-9-8-20(16-28(21)25-22)27-11-1-2-12-27/h3,5,7-9,13,16,18H,1-2,4,6,10-12,14-15H2/t18-/m0/s1. The van der Waals surface area contributed by atoms with E-state index in [9.17, 15) is 0 Å². The van der Waals surface area contributed by atoms with Crippen LogP contribution in [0.15, 0.2) is 42.6 Å². The lowest BCUT2D eigenvalue weighted by Crippen LogP contribution is -2.34. The number of anilines is 1. The fourth-order valence-corrected chi connectivity index (χ4v) is 4.74. The van der Waals surface area contributed by atoms with Crippen LogP contribution >= 0.6 is 11.6 Å². The van der Waals surface area contributed by atoms with Gasteiger partial charge in [-0.1, -0.05) is 23.7 Å². The Hall–Kier alpha value is -2.11. The van der Waals surface area contributed by atoms with Gasteiger partial charge in [0.25, 0.3) is 0 Å². The second-order valence-corrected chi connectivity index (χ2v) is 8.49. The lowest BCUT2D eigenvalue weighted by molar-refractivity contribution is 0.196. The summed E-state index contributed by atoms with van der Waals surface area (Å²) in [5.74, 6) is 1.37. The van der Waals surface area contributed by atoms with E-state index in [0.29, 0.717) is 5.92 Å². The number of hydrogen-bond acceptors (Lipinski definition) is 4. The van der Waals surface area contributed by atoms with E-state index in [1.54, 1.807) is 0 Å². The van der Waals surface area contributed by atoms with Crippen molar-refractivity contribution in [3.8, 4) is 0 Å². The molecule has 5 rings (SSSR count). The van der Waals surface area contributed by atoms with Crippen molar-refractivity contribution in [2.75, 3.05) is 31.1 Å². The number of nitrogens with zero attached hydrogens (tertiary/aromatic N) is 5. The molecule has 1 aromatic carbocycles. The van der Waals surface area contributed by atoms with E-state index in [1.165, 1.54) is 30.5 Å². The third kappa shape index (κ3) is 3.74. The highest BCUT2D eigenvalue weighted by Crippen LogP contribution is 2.27. The Morgan fingerprint density at radius 1 is 1.04 bits per heavy atom. The highest BCUT2D eigenvalue weighted by atomic mass is 35.5. The number of aromatic nitrogens is 3. The summed E-state index contributed by atoms with van der Waals surface area (Å²) in [6.07, 6.45) is 7.04. The van der Waals surface area contributed by atoms with Gasteiger partial charge in [0.2, 0.25) is 0 Å². The molecular formula is C22H26ClN5. The van der Waals surface area contributed by atoms with Crippen LogP contribution in [-0.4, -0.2) is 45.7 Å². The van der Waals surface area contributed by atoms with Gasteiger partial charge in [0.05, 0.1) is 11.9 Å². The molecule has 0 radical (unpaired) electrons. The van der Waals surface area contributed by atoms with Crippen molar-refractivity contribution in [2.45, 2.75) is 38.1 Å². The molecule has 0 aliphatic carbocycles. The SMILES string of the molecule is Clc1cccc(CN2CCC[C@H](c3nc4ccc(N5CCCC5)cn4n3)C2)c1. The zero-order chi connectivity index (χ0) is 18.9. The molecule has 2 fully saturated rings. The predicted octanol–water partition coefficient (Wildman–Crippen LogP) is 4.36. The number of benzene rings is 1. The zero-order valence-corrected chi connectivity index (χ0v) is 16.9. The van der Waals surface area contributed by atoms with Gasteiger partial charge in [0.15, 0.2) is 11.5 Å². The Balaban J connectivity index is 1.32. The van der Waals surface area contributed by atoms with E-state index in [0.717, 1.165) is 55.6 Å². The molecule has 0 N–H and O–H groups in total. The molecule has 3 aromatic rings. The summed E-state index contributed by atoms with van der Waals surface area (Å²) in [5.41, 5.74) is 3.48. The van der Waals surface area contributed by atoms with Crippen LogP contribution in [0.25, 0.3) is 5.65 Å². The molecule has 0 unspecified atom stereocenters. The molecule has 6 heteroatoms. The van der Waals surface area contributed by atoms with Gasteiger partial charge in [0.1, 0.15) is 0 Å². The maximum Gasteiger partial charge on any atom is 0.156 e. The van der Waals surface area contributed by atoms with Gasteiger partial charge >= 0.3 is 0 Å². The molecule has 5 nitrogen and oxygen atoms in total. The number of likely N-dealkylation sites (tertiary alicyclic amines) is 1. The molecule has 2 aliphatic heterocycles. The monoisotopic (exact) mass is 395 g/mol. The van der Waals surface area contributed by atoms with Crippen LogP contribution in [0.2, 0.25) is 5.02 Å². The van der Waals surface area contributed by atoms with E-state index >= 15 is 0 Å². The minimum atomic E-state index is 0.392. The Labute approximate surface area is 170 Å². The summed E-state index contributed by atoms with van der Waals surface area (Å²) in [6, 6.07) is 12.5. The lowest BCUT2D eigenvalue weighted by atomic mass is 9.97. The van der Waals surface area contributed by atoms with Gasteiger partial charge in [-0.05, 0) is 62.1 Å². The molecule has 2 aliphatic rings. The van der Waals surface area contributed by atoms with E-state index < -0.39 is 0 Å². The predicted molar refractivity (Wildman–Crippen MR) is 113 cm³/mol. The number of rotatable bonds is 4. The number of piperidine rings is 1. The second kappa shape index (κ2) is 7.72. The van der Waals surface area contributed by atoms with Gasteiger partial charge in [-0.25, -0.2) is 9.50 Å². The van der Waals surface area contributed by atoms with Gasteiger partial charge < -0.3 is 4.90 Å². The number of fused-ring (bicyclic) bond motifs is 1. The molecule has 0 saturated carbocycles. The third-order valence-electron chi connectivity index (χ3n) is 5.97. The van der Waals surface area contributed by atoms with Crippen LogP contribution in [0, 0.1) is 0 Å². The average molecular weight is 396 g/mol. The Morgan fingerprint density at radius 2 is 1.93 bits per heavy atom. The normalized spacial score (nSPS) is 20.9. The first-order valence-electron chi connectivity index (χ1n) is 10.3. The molecule has 0 amide bonds. The summed E-state index contributed by atoms with van der Waals surface area (Å²) in [7, 11) is 0. The van der Waals surface area contributed by atoms with E-state index in [4.69, 9.17) is 21.7 Å². The van der Waals surface area contributed by atoms with Crippen molar-refractivity contribution in [2.24, 2.45) is 0 Å². The number of halogens is 1. The van der Waals surface area contributed by atoms with Crippen LogP contribution in [0.5, 0.6) is 0 Å². The number of pyridine rings is 1. The van der Waals surface area contributed by atoms with Gasteiger partial charge in [-0.15, -0.1) is 0 Å². The summed E-state index contributed by atoms with van der Waals surface area (Å²) in [4.78, 5) is 9.79. The molecule has 1 atom stereocenters. The quantitative estimate of drug-likeness (QED) is 0.657. The number of hydrogen-bond donors (Lipinski definition) is 0. The smallest absolute Gasteiger partial charge is 0.156 e. The van der Waals surface area contributed by atoms with Crippen LogP contribution in [0.3, 0.4) is 0 Å². The first-order valence-corrected chi connectivity index (χ1v) is 10.7. The zero-order valence-electron chi connectivity index (χ0n) is 16.1. The molecule has 0 bridgehead atoms. The van der Waals surface area contributed by atoms with E-state index in [2.05, 4.69) is 40.3 Å². The topological polar surface area (TPSA) is 36.7 Å². The molecule has 4 heterocycles. The highest BCUT2D eigenvalue weighted by Gasteiger charge is 2.25. The third-order valence-corrected chi connectivity index (χ3v) is 6.20. The van der Waals surface area contributed by atoms with E-state index in [1.807, 2.05) is 16.6 Å². The summed E-state index contributed by atoms with van der Waals surface area (Å²) >= 11 is 6.15. The Kier molecular flexibility index (Phi) is 4.95. The molecule has 0 spiro atoms. The van der Waals surface area contributed by atoms with Crippen LogP contribution in [0.4, 0.5) is 5.69 Å². The van der Waals surface area contributed by atoms with Crippen LogP contribution in [-0.2, 0) is 6.54 Å². The molecule has 146 valence electrons. The highest BCUT2D eigenvalue weighted by molar-refractivity contribution is 6.30. The van der Waals surface area contributed by atoms with Crippen molar-refractivity contribution in [1.82, 2.24) is 19.5 Å². The van der Waals surface area contributed by atoms with Crippen molar-refractivity contribution >= 4 is 22.9 Å². The maximum absolute atomic E-state index is 6.15. The minimum Gasteiger partial charge on any atom is -0.370 e. The van der Waals surface area contributed by atoms with Crippen LogP contribution < -0.4 is 4.90 Å². The van der Waals surface area contributed by atoms with Crippen LogP contribution in [0.1, 0.15) is 43.0 Å². The molecule has 2 saturated heterocycles. The Morgan fingerprint density at radius 3 is 2.79 bits per heavy atom. The van der Waals surface area contributed by atoms with Crippen molar-refractivity contribution in [3.63, 3.8) is 0 Å². The maximum atomic E-state index is 6.15. The van der Waals surface area contributed by atoms with Gasteiger partial charge in [-0.2, -0.15) is 5.10 Å². The average Bonchev–Trinajstić information content (AvgIpc) is 3.37. The second-order valence-electron chi connectivity index (χ2n) is 8.06. The summed E-state index contributed by atoms with van der Waals surface area (Å²) in [5, 5.41) is 5.66. The largest absolute Gasteiger partial charge is 0.370 e. The van der Waals surface area contributed by atoms with Gasteiger partial charge in [-0.3, -0.25) is 4.90 Å². The lowest BCUT2D eigenvalue weighted by Gasteiger charge is -2.31. The molecular weight excluding hydrogens is 370 g/mol. The van der Waals surface area contributed by atoms with E-state index in [-0.39, 0.29) is 0 Å². The van der Waals surface area contributed by atoms with Crippen molar-refractivity contribution < 1.29 is 0 Å².